The van der Waals surface area contributed by atoms with Gasteiger partial charge in [0.05, 0.1) is 0 Å². The molecule has 0 bridgehead atoms. The molecule has 0 aliphatic carbocycles. The van der Waals surface area contributed by atoms with Crippen molar-refractivity contribution in [2.75, 3.05) is 25.2 Å². The number of anilines is 1. The van der Waals surface area contributed by atoms with Crippen molar-refractivity contribution in [1.29, 1.82) is 0 Å². The second-order valence-corrected chi connectivity index (χ2v) is 5.80. The molecule has 2 nitrogen and oxygen atoms in total. The minimum absolute atomic E-state index is 0.626. The van der Waals surface area contributed by atoms with Crippen LogP contribution in [0.3, 0.4) is 0 Å². The summed E-state index contributed by atoms with van der Waals surface area (Å²) in [5.74, 6) is 0. The van der Waals surface area contributed by atoms with Crippen LogP contribution >= 0.6 is 11.8 Å². The molecule has 2 rings (SSSR count). The summed E-state index contributed by atoms with van der Waals surface area (Å²) in [5, 5.41) is 3.65. The molecule has 1 aromatic carbocycles. The molecule has 2 atom stereocenters. The first-order chi connectivity index (χ1) is 8.19. The van der Waals surface area contributed by atoms with Crippen LogP contribution in [0.4, 0.5) is 5.69 Å². The van der Waals surface area contributed by atoms with E-state index in [-0.39, 0.29) is 0 Å². The largest absolute Gasteiger partial charge is 0.382 e. The van der Waals surface area contributed by atoms with E-state index in [1.165, 1.54) is 30.0 Å². The molecule has 0 spiro atoms. The summed E-state index contributed by atoms with van der Waals surface area (Å²) in [6.07, 6.45) is 4.59. The van der Waals surface area contributed by atoms with Crippen LogP contribution in [0.5, 0.6) is 0 Å². The minimum atomic E-state index is 0.626. The smallest absolute Gasteiger partial charge is 0.0343 e. The van der Waals surface area contributed by atoms with Crippen molar-refractivity contribution >= 4 is 17.4 Å². The van der Waals surface area contributed by atoms with Gasteiger partial charge in [-0.25, -0.2) is 0 Å². The fourth-order valence-corrected chi connectivity index (χ4v) is 2.75. The predicted molar refractivity (Wildman–Crippen MR) is 77.0 cm³/mol. The molecule has 1 saturated heterocycles. The Labute approximate surface area is 109 Å². The monoisotopic (exact) mass is 250 g/mol. The average molecular weight is 250 g/mol. The van der Waals surface area contributed by atoms with E-state index in [0.717, 1.165) is 0 Å². The standard InChI is InChI=1S/C14H22N2S/c1-11-10-13(8-9-16(11)2)15-12-4-6-14(17-3)7-5-12/h4-7,11,13,15H,8-10H2,1-3H3. The fraction of sp³-hybridized carbons (Fsp3) is 0.571. The number of nitrogens with zero attached hydrogens (tertiary/aromatic N) is 1. The molecule has 2 unspecified atom stereocenters. The Balaban J connectivity index is 1.92. The molecule has 94 valence electrons. The quantitative estimate of drug-likeness (QED) is 0.829. The van der Waals surface area contributed by atoms with Gasteiger partial charge in [-0.3, -0.25) is 0 Å². The number of nitrogens with one attached hydrogen (secondary N) is 1. The van der Waals surface area contributed by atoms with Crippen molar-refractivity contribution in [3.63, 3.8) is 0 Å². The summed E-state index contributed by atoms with van der Waals surface area (Å²) in [4.78, 5) is 3.77. The van der Waals surface area contributed by atoms with Gasteiger partial charge in [0, 0.05) is 29.2 Å². The molecule has 1 aromatic rings. The molecular weight excluding hydrogens is 228 g/mol. The van der Waals surface area contributed by atoms with Gasteiger partial charge in [-0.15, -0.1) is 11.8 Å². The average Bonchev–Trinajstić information content (AvgIpc) is 2.35. The number of thioether (sulfide) groups is 1. The molecular formula is C14H22N2S. The topological polar surface area (TPSA) is 15.3 Å². The van der Waals surface area contributed by atoms with Gasteiger partial charge in [0.1, 0.15) is 0 Å². The Hall–Kier alpha value is -0.670. The molecule has 17 heavy (non-hydrogen) atoms. The van der Waals surface area contributed by atoms with Gasteiger partial charge in [0.2, 0.25) is 0 Å². The van der Waals surface area contributed by atoms with Crippen LogP contribution in [-0.2, 0) is 0 Å². The van der Waals surface area contributed by atoms with Crippen LogP contribution in [0.15, 0.2) is 29.2 Å². The lowest BCUT2D eigenvalue weighted by molar-refractivity contribution is 0.190. The van der Waals surface area contributed by atoms with Gasteiger partial charge in [0.25, 0.3) is 0 Å². The molecule has 1 aliphatic heterocycles. The maximum Gasteiger partial charge on any atom is 0.0343 e. The molecule has 0 amide bonds. The van der Waals surface area contributed by atoms with E-state index in [1.54, 1.807) is 11.8 Å². The Bertz CT molecular complexity index is 350. The SMILES string of the molecule is CSc1ccc(NC2CCN(C)C(C)C2)cc1. The van der Waals surface area contributed by atoms with Gasteiger partial charge < -0.3 is 10.2 Å². The fourth-order valence-electron chi connectivity index (χ4n) is 2.34. The van der Waals surface area contributed by atoms with Crippen LogP contribution in [0.2, 0.25) is 0 Å². The maximum atomic E-state index is 3.65. The highest BCUT2D eigenvalue weighted by molar-refractivity contribution is 7.98. The maximum absolute atomic E-state index is 3.65. The number of hydrogen-bond donors (Lipinski definition) is 1. The van der Waals surface area contributed by atoms with Crippen LogP contribution < -0.4 is 5.32 Å². The van der Waals surface area contributed by atoms with Gasteiger partial charge in [-0.05, 0) is 57.3 Å². The number of benzene rings is 1. The third-order valence-corrected chi connectivity index (χ3v) is 4.41. The summed E-state index contributed by atoms with van der Waals surface area (Å²) < 4.78 is 0. The van der Waals surface area contributed by atoms with Crippen LogP contribution in [0.1, 0.15) is 19.8 Å². The lowest BCUT2D eigenvalue weighted by Gasteiger charge is -2.35. The number of hydrogen-bond acceptors (Lipinski definition) is 3. The Morgan fingerprint density at radius 3 is 2.59 bits per heavy atom. The van der Waals surface area contributed by atoms with E-state index in [0.29, 0.717) is 12.1 Å². The Morgan fingerprint density at radius 2 is 2.00 bits per heavy atom. The van der Waals surface area contributed by atoms with Gasteiger partial charge in [-0.1, -0.05) is 0 Å². The van der Waals surface area contributed by atoms with E-state index in [4.69, 9.17) is 0 Å². The third-order valence-electron chi connectivity index (χ3n) is 3.67. The second-order valence-electron chi connectivity index (χ2n) is 4.92. The number of likely N-dealkylation sites (tertiary alicyclic amines) is 1. The summed E-state index contributed by atoms with van der Waals surface area (Å²) >= 11 is 1.79. The van der Waals surface area contributed by atoms with Gasteiger partial charge in [0.15, 0.2) is 0 Å². The van der Waals surface area contributed by atoms with Crippen LogP contribution in [0, 0.1) is 0 Å². The Morgan fingerprint density at radius 1 is 1.29 bits per heavy atom. The molecule has 1 heterocycles. The zero-order valence-electron chi connectivity index (χ0n) is 10.9. The third kappa shape index (κ3) is 3.39. The van der Waals surface area contributed by atoms with E-state index >= 15 is 0 Å². The molecule has 1 aliphatic rings. The van der Waals surface area contributed by atoms with Crippen molar-refractivity contribution in [2.45, 2.75) is 36.7 Å². The first kappa shape index (κ1) is 12.8. The zero-order chi connectivity index (χ0) is 12.3. The first-order valence-electron chi connectivity index (χ1n) is 6.30. The predicted octanol–water partition coefficient (Wildman–Crippen LogP) is 3.30. The van der Waals surface area contributed by atoms with Crippen molar-refractivity contribution in [2.24, 2.45) is 0 Å². The zero-order valence-corrected chi connectivity index (χ0v) is 11.8. The second kappa shape index (κ2) is 5.78. The number of rotatable bonds is 3. The van der Waals surface area contributed by atoms with Gasteiger partial charge in [-0.2, -0.15) is 0 Å². The molecule has 0 radical (unpaired) electrons. The van der Waals surface area contributed by atoms with Crippen molar-refractivity contribution in [3.05, 3.63) is 24.3 Å². The highest BCUT2D eigenvalue weighted by Crippen LogP contribution is 2.22. The summed E-state index contributed by atoms with van der Waals surface area (Å²) in [7, 11) is 2.22. The highest BCUT2D eigenvalue weighted by atomic mass is 32.2. The normalized spacial score (nSPS) is 25.8. The summed E-state index contributed by atoms with van der Waals surface area (Å²) in [6, 6.07) is 10.1. The van der Waals surface area contributed by atoms with E-state index in [1.807, 2.05) is 0 Å². The van der Waals surface area contributed by atoms with Crippen LogP contribution in [-0.4, -0.2) is 36.8 Å². The molecule has 3 heteroatoms. The van der Waals surface area contributed by atoms with E-state index in [2.05, 4.69) is 54.7 Å². The highest BCUT2D eigenvalue weighted by Gasteiger charge is 2.22. The van der Waals surface area contributed by atoms with Crippen molar-refractivity contribution in [3.8, 4) is 0 Å². The number of piperidine rings is 1. The minimum Gasteiger partial charge on any atom is -0.382 e. The molecule has 1 N–H and O–H groups in total. The molecule has 0 aromatic heterocycles. The van der Waals surface area contributed by atoms with Gasteiger partial charge >= 0.3 is 0 Å². The summed E-state index contributed by atoms with van der Waals surface area (Å²) in [5.41, 5.74) is 1.25. The lowest BCUT2D eigenvalue weighted by Crippen LogP contribution is -2.42. The molecule has 1 fully saturated rings. The van der Waals surface area contributed by atoms with Crippen molar-refractivity contribution in [1.82, 2.24) is 4.90 Å². The van der Waals surface area contributed by atoms with E-state index in [9.17, 15) is 0 Å². The van der Waals surface area contributed by atoms with Crippen LogP contribution in [0.25, 0.3) is 0 Å². The van der Waals surface area contributed by atoms with E-state index < -0.39 is 0 Å². The first-order valence-corrected chi connectivity index (χ1v) is 7.52. The Kier molecular flexibility index (Phi) is 4.35. The molecule has 0 saturated carbocycles. The van der Waals surface area contributed by atoms with Crippen molar-refractivity contribution < 1.29 is 0 Å². The summed E-state index contributed by atoms with van der Waals surface area (Å²) in [6.45, 7) is 3.51. The lowest BCUT2D eigenvalue weighted by atomic mass is 9.99.